The Bertz CT molecular complexity index is 113. The summed E-state index contributed by atoms with van der Waals surface area (Å²) in [5.74, 6) is 0. The van der Waals surface area contributed by atoms with E-state index < -0.39 is 0 Å². The molecule has 0 saturated carbocycles. The number of alkyl halides is 1. The lowest BCUT2D eigenvalue weighted by atomic mass is 10.1. The molecular weight excluding hydrogens is 225 g/mol. The third-order valence-electron chi connectivity index (χ3n) is 1.30. The molecule has 1 nitrogen and oxygen atoms in total. The molecule has 0 heterocycles. The molecule has 2 heteroatoms. The van der Waals surface area contributed by atoms with Gasteiger partial charge in [-0.05, 0) is 13.3 Å². The van der Waals surface area contributed by atoms with E-state index in [-0.39, 0.29) is 0 Å². The van der Waals surface area contributed by atoms with Gasteiger partial charge in [-0.15, -0.1) is 0 Å². The average Bonchev–Trinajstić information content (AvgIpc) is 1.84. The summed E-state index contributed by atoms with van der Waals surface area (Å²) >= 11 is 2.40. The van der Waals surface area contributed by atoms with E-state index >= 15 is 0 Å². The lowest BCUT2D eigenvalue weighted by Gasteiger charge is -2.18. The fraction of sp³-hybridized carbons (Fsp3) is 0.714. The van der Waals surface area contributed by atoms with Crippen LogP contribution in [0.3, 0.4) is 0 Å². The zero-order valence-corrected chi connectivity index (χ0v) is 8.03. The minimum atomic E-state index is 0.310. The van der Waals surface area contributed by atoms with Gasteiger partial charge in [0.05, 0.1) is 0 Å². The highest BCUT2D eigenvalue weighted by molar-refractivity contribution is 14.1. The number of halogens is 1. The molecule has 1 N–H and O–H groups in total. The van der Waals surface area contributed by atoms with Crippen LogP contribution in [0.1, 0.15) is 20.3 Å². The van der Waals surface area contributed by atoms with Gasteiger partial charge in [-0.25, -0.2) is 0 Å². The fourth-order valence-corrected chi connectivity index (χ4v) is 0.551. The zero-order chi connectivity index (χ0) is 7.33. The quantitative estimate of drug-likeness (QED) is 0.341. The second kappa shape index (κ2) is 3.99. The van der Waals surface area contributed by atoms with Crippen molar-refractivity contribution in [1.29, 1.82) is 0 Å². The van der Waals surface area contributed by atoms with Gasteiger partial charge >= 0.3 is 0 Å². The minimum Gasteiger partial charge on any atom is -0.345 e. The first-order chi connectivity index (χ1) is 4.12. The van der Waals surface area contributed by atoms with Crippen LogP contribution >= 0.6 is 22.6 Å². The molecule has 0 aromatic rings. The SMILES string of the molecule is C#CNCC(C)(I)CC. The molecule has 0 aromatic carbocycles. The summed E-state index contributed by atoms with van der Waals surface area (Å²) in [7, 11) is 0. The Balaban J connectivity index is 3.48. The molecule has 0 fully saturated rings. The van der Waals surface area contributed by atoms with Crippen LogP contribution in [0.25, 0.3) is 0 Å². The van der Waals surface area contributed by atoms with Gasteiger partial charge in [0.2, 0.25) is 0 Å². The molecule has 0 aliphatic carbocycles. The van der Waals surface area contributed by atoms with E-state index in [2.05, 4.69) is 47.8 Å². The average molecular weight is 237 g/mol. The van der Waals surface area contributed by atoms with Crippen LogP contribution in [-0.4, -0.2) is 9.97 Å². The minimum absolute atomic E-state index is 0.310. The van der Waals surface area contributed by atoms with Crippen LogP contribution in [0, 0.1) is 12.5 Å². The maximum absolute atomic E-state index is 5.03. The lowest BCUT2D eigenvalue weighted by Crippen LogP contribution is -2.28. The van der Waals surface area contributed by atoms with E-state index in [0.717, 1.165) is 13.0 Å². The van der Waals surface area contributed by atoms with E-state index in [1.807, 2.05) is 0 Å². The Morgan fingerprint density at radius 2 is 2.33 bits per heavy atom. The summed E-state index contributed by atoms with van der Waals surface area (Å²) in [4.78, 5) is 0. The Morgan fingerprint density at radius 3 is 2.67 bits per heavy atom. The van der Waals surface area contributed by atoms with E-state index in [4.69, 9.17) is 6.42 Å². The summed E-state index contributed by atoms with van der Waals surface area (Å²) in [6, 6.07) is 2.40. The summed E-state index contributed by atoms with van der Waals surface area (Å²) in [6.45, 7) is 5.23. The molecule has 0 bridgehead atoms. The van der Waals surface area contributed by atoms with Gasteiger partial charge < -0.3 is 5.32 Å². The first-order valence-electron chi connectivity index (χ1n) is 3.00. The zero-order valence-electron chi connectivity index (χ0n) is 5.87. The molecule has 1 atom stereocenters. The number of rotatable bonds is 3. The Kier molecular flexibility index (Phi) is 4.03. The molecule has 9 heavy (non-hydrogen) atoms. The molecule has 0 aromatic heterocycles. The van der Waals surface area contributed by atoms with Crippen molar-refractivity contribution in [2.45, 2.75) is 23.7 Å². The van der Waals surface area contributed by atoms with Crippen LogP contribution in [0.2, 0.25) is 0 Å². The van der Waals surface area contributed by atoms with E-state index in [1.165, 1.54) is 0 Å². The van der Waals surface area contributed by atoms with Crippen LogP contribution < -0.4 is 5.32 Å². The Labute approximate surface area is 70.7 Å². The monoisotopic (exact) mass is 237 g/mol. The van der Waals surface area contributed by atoms with Gasteiger partial charge in [0.25, 0.3) is 0 Å². The first kappa shape index (κ1) is 9.09. The first-order valence-corrected chi connectivity index (χ1v) is 4.07. The van der Waals surface area contributed by atoms with Crippen LogP contribution in [0.4, 0.5) is 0 Å². The van der Waals surface area contributed by atoms with Crippen molar-refractivity contribution in [3.8, 4) is 12.5 Å². The Morgan fingerprint density at radius 1 is 1.78 bits per heavy atom. The Hall–Kier alpha value is 0.0900. The summed E-state index contributed by atoms with van der Waals surface area (Å²) in [5.41, 5.74) is 0. The molecule has 1 unspecified atom stereocenters. The molecule has 0 radical (unpaired) electrons. The van der Waals surface area contributed by atoms with Gasteiger partial charge in [-0.3, -0.25) is 0 Å². The van der Waals surface area contributed by atoms with Gasteiger partial charge in [-0.1, -0.05) is 35.9 Å². The van der Waals surface area contributed by atoms with Crippen molar-refractivity contribution in [2.75, 3.05) is 6.54 Å². The van der Waals surface area contributed by atoms with Crippen molar-refractivity contribution in [2.24, 2.45) is 0 Å². The number of hydrogen-bond acceptors (Lipinski definition) is 1. The van der Waals surface area contributed by atoms with E-state index in [0.29, 0.717) is 3.42 Å². The predicted octanol–water partition coefficient (Wildman–Crippen LogP) is 1.77. The fourth-order valence-electron chi connectivity index (χ4n) is 0.360. The second-order valence-electron chi connectivity index (χ2n) is 2.26. The maximum atomic E-state index is 5.03. The largest absolute Gasteiger partial charge is 0.345 e. The van der Waals surface area contributed by atoms with Crippen LogP contribution in [0.15, 0.2) is 0 Å². The molecule has 0 saturated heterocycles. The third kappa shape index (κ3) is 4.58. The summed E-state index contributed by atoms with van der Waals surface area (Å²) < 4.78 is 0.310. The van der Waals surface area contributed by atoms with Crippen molar-refractivity contribution in [1.82, 2.24) is 5.32 Å². The smallest absolute Gasteiger partial charge is 0.0373 e. The predicted molar refractivity (Wildman–Crippen MR) is 49.6 cm³/mol. The summed E-state index contributed by atoms with van der Waals surface area (Å²) in [6.07, 6.45) is 6.17. The van der Waals surface area contributed by atoms with Crippen molar-refractivity contribution >= 4 is 22.6 Å². The van der Waals surface area contributed by atoms with E-state index in [9.17, 15) is 0 Å². The second-order valence-corrected chi connectivity index (χ2v) is 4.87. The lowest BCUT2D eigenvalue weighted by molar-refractivity contribution is 0.625. The van der Waals surface area contributed by atoms with Gasteiger partial charge in [0.15, 0.2) is 0 Å². The highest BCUT2D eigenvalue weighted by Crippen LogP contribution is 2.20. The van der Waals surface area contributed by atoms with Gasteiger partial charge in [0.1, 0.15) is 0 Å². The van der Waals surface area contributed by atoms with E-state index in [1.54, 1.807) is 0 Å². The van der Waals surface area contributed by atoms with Crippen molar-refractivity contribution in [3.05, 3.63) is 0 Å². The molecule has 0 spiro atoms. The molecule has 52 valence electrons. The molecule has 0 aliphatic heterocycles. The molecule has 0 rings (SSSR count). The number of hydrogen-bond donors (Lipinski definition) is 1. The molecule has 0 amide bonds. The molecule has 0 aliphatic rings. The van der Waals surface area contributed by atoms with Crippen molar-refractivity contribution in [3.63, 3.8) is 0 Å². The number of terminal acetylenes is 1. The highest BCUT2D eigenvalue weighted by atomic mass is 127. The topological polar surface area (TPSA) is 12.0 Å². The normalized spacial score (nSPS) is 15.8. The van der Waals surface area contributed by atoms with Crippen molar-refractivity contribution < 1.29 is 0 Å². The standard InChI is InChI=1S/C7H12IN/c1-4-7(3,8)6-9-5-2/h2,9H,4,6H2,1,3H3. The van der Waals surface area contributed by atoms with Gasteiger partial charge in [-0.2, -0.15) is 0 Å². The maximum Gasteiger partial charge on any atom is 0.0373 e. The molecular formula is C7H12IN. The van der Waals surface area contributed by atoms with Crippen LogP contribution in [-0.2, 0) is 0 Å². The van der Waals surface area contributed by atoms with Crippen LogP contribution in [0.5, 0.6) is 0 Å². The highest BCUT2D eigenvalue weighted by Gasteiger charge is 2.15. The summed E-state index contributed by atoms with van der Waals surface area (Å²) in [5, 5.41) is 2.86. The number of nitrogens with one attached hydrogen (secondary N) is 1. The van der Waals surface area contributed by atoms with Gasteiger partial charge in [0, 0.05) is 16.0 Å². The third-order valence-corrected chi connectivity index (χ3v) is 2.44.